The number of rotatable bonds is 5. The lowest BCUT2D eigenvalue weighted by Crippen LogP contribution is -2.39. The molecule has 1 saturated heterocycles. The standard InChI is InChI=1S/C21H30N2O2/c1-15(2)17-10-8-16(9-11-17)13-22-21(25)18-12-20(24)23(14-18)19-6-4-3-5-7-19/h8-11,15,18-19H,3-7,12-14H2,1-2H3,(H,22,25)/t18-/m0/s1. The minimum Gasteiger partial charge on any atom is -0.352 e. The van der Waals surface area contributed by atoms with Gasteiger partial charge in [0.05, 0.1) is 5.92 Å². The number of carbonyl (C=O) groups is 2. The van der Waals surface area contributed by atoms with E-state index in [1.54, 1.807) is 0 Å². The quantitative estimate of drug-likeness (QED) is 0.889. The second-order valence-electron chi connectivity index (χ2n) is 7.85. The number of benzene rings is 1. The highest BCUT2D eigenvalue weighted by atomic mass is 16.2. The zero-order valence-electron chi connectivity index (χ0n) is 15.5. The molecule has 0 aromatic heterocycles. The van der Waals surface area contributed by atoms with Gasteiger partial charge in [-0.1, -0.05) is 57.4 Å². The molecule has 1 heterocycles. The Morgan fingerprint density at radius 1 is 1.16 bits per heavy atom. The Morgan fingerprint density at radius 3 is 2.48 bits per heavy atom. The Kier molecular flexibility index (Phi) is 5.77. The van der Waals surface area contributed by atoms with Crippen molar-refractivity contribution in [3.8, 4) is 0 Å². The third-order valence-corrected chi connectivity index (χ3v) is 5.66. The number of amides is 2. The minimum atomic E-state index is -0.190. The molecule has 25 heavy (non-hydrogen) atoms. The van der Waals surface area contributed by atoms with Crippen molar-refractivity contribution in [2.75, 3.05) is 6.54 Å². The van der Waals surface area contributed by atoms with E-state index in [-0.39, 0.29) is 17.7 Å². The minimum absolute atomic E-state index is 0.0135. The summed E-state index contributed by atoms with van der Waals surface area (Å²) in [5.74, 6) is 0.496. The smallest absolute Gasteiger partial charge is 0.225 e. The van der Waals surface area contributed by atoms with Gasteiger partial charge in [0, 0.05) is 25.6 Å². The van der Waals surface area contributed by atoms with E-state index >= 15 is 0 Å². The number of nitrogens with zero attached hydrogens (tertiary/aromatic N) is 1. The zero-order chi connectivity index (χ0) is 17.8. The molecule has 0 spiro atoms. The second kappa shape index (κ2) is 8.03. The summed E-state index contributed by atoms with van der Waals surface area (Å²) in [6.07, 6.45) is 6.26. The van der Waals surface area contributed by atoms with Crippen LogP contribution in [-0.4, -0.2) is 29.3 Å². The molecule has 1 aliphatic heterocycles. The maximum Gasteiger partial charge on any atom is 0.225 e. The van der Waals surface area contributed by atoms with Gasteiger partial charge in [0.1, 0.15) is 0 Å². The van der Waals surface area contributed by atoms with Crippen molar-refractivity contribution in [2.45, 2.75) is 70.9 Å². The van der Waals surface area contributed by atoms with Gasteiger partial charge in [-0.15, -0.1) is 0 Å². The van der Waals surface area contributed by atoms with Gasteiger partial charge in [-0.2, -0.15) is 0 Å². The largest absolute Gasteiger partial charge is 0.352 e. The summed E-state index contributed by atoms with van der Waals surface area (Å²) >= 11 is 0. The van der Waals surface area contributed by atoms with Crippen LogP contribution in [0.25, 0.3) is 0 Å². The summed E-state index contributed by atoms with van der Waals surface area (Å²) in [6, 6.07) is 8.75. The van der Waals surface area contributed by atoms with Crippen molar-refractivity contribution >= 4 is 11.8 Å². The fraction of sp³-hybridized carbons (Fsp3) is 0.619. The average molecular weight is 342 g/mol. The van der Waals surface area contributed by atoms with Crippen LogP contribution in [0.2, 0.25) is 0 Å². The van der Waals surface area contributed by atoms with E-state index in [1.165, 1.54) is 24.8 Å². The Balaban J connectivity index is 1.50. The Morgan fingerprint density at radius 2 is 1.84 bits per heavy atom. The van der Waals surface area contributed by atoms with Crippen LogP contribution in [0, 0.1) is 5.92 Å². The van der Waals surface area contributed by atoms with Crippen LogP contribution in [0.5, 0.6) is 0 Å². The van der Waals surface area contributed by atoms with Crippen LogP contribution in [-0.2, 0) is 16.1 Å². The molecule has 1 aromatic carbocycles. The molecule has 2 aliphatic rings. The third-order valence-electron chi connectivity index (χ3n) is 5.66. The molecule has 1 aromatic rings. The van der Waals surface area contributed by atoms with Crippen LogP contribution in [0.1, 0.15) is 69.4 Å². The van der Waals surface area contributed by atoms with Gasteiger partial charge < -0.3 is 10.2 Å². The second-order valence-corrected chi connectivity index (χ2v) is 7.85. The molecule has 4 heteroatoms. The first kappa shape index (κ1) is 18.0. The van der Waals surface area contributed by atoms with Crippen LogP contribution < -0.4 is 5.32 Å². The predicted molar refractivity (Wildman–Crippen MR) is 99.1 cm³/mol. The molecule has 1 atom stereocenters. The molecule has 2 amide bonds. The molecule has 0 unspecified atom stereocenters. The maximum atomic E-state index is 12.5. The maximum absolute atomic E-state index is 12.5. The van der Waals surface area contributed by atoms with E-state index in [1.807, 2.05) is 4.90 Å². The lowest BCUT2D eigenvalue weighted by Gasteiger charge is -2.31. The summed E-state index contributed by atoms with van der Waals surface area (Å²) < 4.78 is 0. The Labute approximate surface area is 151 Å². The molecular formula is C21H30N2O2. The van der Waals surface area contributed by atoms with Gasteiger partial charge in [0.25, 0.3) is 0 Å². The van der Waals surface area contributed by atoms with E-state index in [2.05, 4.69) is 43.4 Å². The van der Waals surface area contributed by atoms with Gasteiger partial charge in [-0.3, -0.25) is 9.59 Å². The number of nitrogens with one attached hydrogen (secondary N) is 1. The first-order valence-corrected chi connectivity index (χ1v) is 9.70. The van der Waals surface area contributed by atoms with Gasteiger partial charge in [-0.05, 0) is 29.9 Å². The molecule has 1 saturated carbocycles. The molecule has 4 nitrogen and oxygen atoms in total. The van der Waals surface area contributed by atoms with E-state index in [0.29, 0.717) is 31.5 Å². The summed E-state index contributed by atoms with van der Waals surface area (Å²) in [4.78, 5) is 26.8. The molecule has 2 fully saturated rings. The van der Waals surface area contributed by atoms with Crippen molar-refractivity contribution in [3.63, 3.8) is 0 Å². The fourth-order valence-corrected chi connectivity index (χ4v) is 4.01. The van der Waals surface area contributed by atoms with Crippen LogP contribution >= 0.6 is 0 Å². The number of hydrogen-bond donors (Lipinski definition) is 1. The normalized spacial score (nSPS) is 21.8. The summed E-state index contributed by atoms with van der Waals surface area (Å²) in [7, 11) is 0. The number of carbonyl (C=O) groups excluding carboxylic acids is 2. The van der Waals surface area contributed by atoms with Gasteiger partial charge in [-0.25, -0.2) is 0 Å². The van der Waals surface area contributed by atoms with Crippen LogP contribution in [0.4, 0.5) is 0 Å². The number of hydrogen-bond acceptors (Lipinski definition) is 2. The predicted octanol–water partition coefficient (Wildman–Crippen LogP) is 3.61. The lowest BCUT2D eigenvalue weighted by molar-refractivity contribution is -0.130. The Bertz CT molecular complexity index is 603. The summed E-state index contributed by atoms with van der Waals surface area (Å²) in [6.45, 7) is 5.48. The van der Waals surface area contributed by atoms with Gasteiger partial charge >= 0.3 is 0 Å². The molecule has 3 rings (SSSR count). The van der Waals surface area contributed by atoms with Crippen molar-refractivity contribution in [1.82, 2.24) is 10.2 Å². The molecule has 1 aliphatic carbocycles. The lowest BCUT2D eigenvalue weighted by atomic mass is 9.94. The topological polar surface area (TPSA) is 49.4 Å². The summed E-state index contributed by atoms with van der Waals surface area (Å²) in [5.41, 5.74) is 2.41. The van der Waals surface area contributed by atoms with Crippen molar-refractivity contribution in [1.29, 1.82) is 0 Å². The molecule has 0 radical (unpaired) electrons. The highest BCUT2D eigenvalue weighted by Crippen LogP contribution is 2.28. The van der Waals surface area contributed by atoms with Gasteiger partial charge in [0.15, 0.2) is 0 Å². The first-order chi connectivity index (χ1) is 12.0. The highest BCUT2D eigenvalue weighted by molar-refractivity contribution is 5.89. The monoisotopic (exact) mass is 342 g/mol. The average Bonchev–Trinajstić information content (AvgIpc) is 3.02. The van der Waals surface area contributed by atoms with Crippen molar-refractivity contribution < 1.29 is 9.59 Å². The Hall–Kier alpha value is -1.84. The van der Waals surface area contributed by atoms with E-state index in [9.17, 15) is 9.59 Å². The van der Waals surface area contributed by atoms with E-state index in [0.717, 1.165) is 18.4 Å². The van der Waals surface area contributed by atoms with Gasteiger partial charge in [0.2, 0.25) is 11.8 Å². The summed E-state index contributed by atoms with van der Waals surface area (Å²) in [5, 5.41) is 3.02. The number of likely N-dealkylation sites (tertiary alicyclic amines) is 1. The van der Waals surface area contributed by atoms with Crippen LogP contribution in [0.3, 0.4) is 0 Å². The van der Waals surface area contributed by atoms with Crippen LogP contribution in [0.15, 0.2) is 24.3 Å². The first-order valence-electron chi connectivity index (χ1n) is 9.70. The molecular weight excluding hydrogens is 312 g/mol. The molecule has 0 bridgehead atoms. The molecule has 1 N–H and O–H groups in total. The van der Waals surface area contributed by atoms with Crippen molar-refractivity contribution in [2.24, 2.45) is 5.92 Å². The van der Waals surface area contributed by atoms with E-state index in [4.69, 9.17) is 0 Å². The zero-order valence-corrected chi connectivity index (χ0v) is 15.5. The third kappa shape index (κ3) is 4.42. The molecule has 136 valence electrons. The fourth-order valence-electron chi connectivity index (χ4n) is 4.01. The SMILES string of the molecule is CC(C)c1ccc(CNC(=O)[C@H]2CC(=O)N(C3CCCCC3)C2)cc1. The van der Waals surface area contributed by atoms with E-state index < -0.39 is 0 Å². The highest BCUT2D eigenvalue weighted by Gasteiger charge is 2.37. The van der Waals surface area contributed by atoms with Crippen molar-refractivity contribution in [3.05, 3.63) is 35.4 Å².